The predicted molar refractivity (Wildman–Crippen MR) is 68.7 cm³/mol. The molecule has 1 saturated heterocycles. The van der Waals surface area contributed by atoms with Crippen LogP contribution in [0.15, 0.2) is 18.2 Å². The molecule has 0 saturated carbocycles. The van der Waals surface area contributed by atoms with E-state index >= 15 is 0 Å². The summed E-state index contributed by atoms with van der Waals surface area (Å²) in [4.78, 5) is 0. The summed E-state index contributed by atoms with van der Waals surface area (Å²) in [5.41, 5.74) is -0.0567. The fourth-order valence-corrected chi connectivity index (χ4v) is 2.19. The summed E-state index contributed by atoms with van der Waals surface area (Å²) in [5, 5.41) is 3.71. The van der Waals surface area contributed by atoms with Gasteiger partial charge in [-0.05, 0) is 32.0 Å². The first-order chi connectivity index (χ1) is 8.46. The molecule has 1 heterocycles. The van der Waals surface area contributed by atoms with Gasteiger partial charge in [0.1, 0.15) is 18.2 Å². The lowest BCUT2D eigenvalue weighted by atomic mass is 10.0. The number of hydrogen-bond acceptors (Lipinski definition) is 3. The van der Waals surface area contributed by atoms with E-state index in [0.717, 1.165) is 0 Å². The maximum Gasteiger partial charge on any atom is 0.138 e. The Labute approximate surface area is 111 Å². The molecule has 2 rings (SSSR count). The van der Waals surface area contributed by atoms with Crippen LogP contribution in [-0.4, -0.2) is 31.4 Å². The van der Waals surface area contributed by atoms with E-state index in [1.165, 1.54) is 18.2 Å². The number of morpholine rings is 1. The molecule has 18 heavy (non-hydrogen) atoms. The van der Waals surface area contributed by atoms with Crippen LogP contribution in [0.5, 0.6) is 5.75 Å². The van der Waals surface area contributed by atoms with Crippen molar-refractivity contribution in [2.45, 2.75) is 25.4 Å². The van der Waals surface area contributed by atoms with E-state index < -0.39 is 0 Å². The smallest absolute Gasteiger partial charge is 0.138 e. The molecule has 0 aliphatic carbocycles. The minimum Gasteiger partial charge on any atom is -0.490 e. The predicted octanol–water partition coefficient (Wildman–Crippen LogP) is 2.62. The van der Waals surface area contributed by atoms with Crippen molar-refractivity contribution >= 4 is 11.6 Å². The van der Waals surface area contributed by atoms with Crippen molar-refractivity contribution in [1.82, 2.24) is 5.32 Å². The summed E-state index contributed by atoms with van der Waals surface area (Å²) in [7, 11) is 0. The average Bonchev–Trinajstić information content (AvgIpc) is 2.26. The van der Waals surface area contributed by atoms with Crippen LogP contribution in [0.25, 0.3) is 0 Å². The number of halogens is 2. The quantitative estimate of drug-likeness (QED) is 0.918. The highest BCUT2D eigenvalue weighted by molar-refractivity contribution is 6.32. The summed E-state index contributed by atoms with van der Waals surface area (Å²) >= 11 is 5.89. The Bertz CT molecular complexity index is 425. The minimum absolute atomic E-state index is 0.0567. The molecule has 0 spiro atoms. The van der Waals surface area contributed by atoms with Crippen LogP contribution >= 0.6 is 11.6 Å². The molecule has 1 unspecified atom stereocenters. The summed E-state index contributed by atoms with van der Waals surface area (Å²) < 4.78 is 24.0. The highest BCUT2D eigenvalue weighted by atomic mass is 35.5. The fraction of sp³-hybridized carbons (Fsp3) is 0.538. The maximum atomic E-state index is 12.9. The number of hydrogen-bond donors (Lipinski definition) is 1. The number of ether oxygens (including phenoxy) is 2. The third-order valence-corrected chi connectivity index (χ3v) is 3.01. The van der Waals surface area contributed by atoms with Gasteiger partial charge in [-0.3, -0.25) is 0 Å². The molecule has 3 nitrogen and oxygen atoms in total. The first-order valence-corrected chi connectivity index (χ1v) is 6.27. The third kappa shape index (κ3) is 3.57. The molecular formula is C13H17ClFNO2. The van der Waals surface area contributed by atoms with Gasteiger partial charge in [0.15, 0.2) is 0 Å². The van der Waals surface area contributed by atoms with Crippen LogP contribution < -0.4 is 10.1 Å². The van der Waals surface area contributed by atoms with Crippen molar-refractivity contribution in [3.05, 3.63) is 29.0 Å². The Morgan fingerprint density at radius 1 is 1.56 bits per heavy atom. The lowest BCUT2D eigenvalue weighted by Gasteiger charge is -2.36. The fourth-order valence-electron chi connectivity index (χ4n) is 1.96. The normalized spacial score (nSPS) is 22.8. The van der Waals surface area contributed by atoms with E-state index in [9.17, 15) is 4.39 Å². The topological polar surface area (TPSA) is 30.5 Å². The number of benzene rings is 1. The van der Waals surface area contributed by atoms with Crippen molar-refractivity contribution in [1.29, 1.82) is 0 Å². The summed E-state index contributed by atoms with van der Waals surface area (Å²) in [5.74, 6) is 0.121. The second-order valence-corrected chi connectivity index (χ2v) is 5.53. The Morgan fingerprint density at radius 3 is 3.00 bits per heavy atom. The van der Waals surface area contributed by atoms with Crippen LogP contribution in [0.2, 0.25) is 5.02 Å². The van der Waals surface area contributed by atoms with Crippen molar-refractivity contribution in [3.63, 3.8) is 0 Å². The van der Waals surface area contributed by atoms with E-state index in [1.54, 1.807) is 0 Å². The Morgan fingerprint density at radius 2 is 2.33 bits per heavy atom. The molecule has 1 N–H and O–H groups in total. The summed E-state index contributed by atoms with van der Waals surface area (Å²) in [6.45, 7) is 5.87. The average molecular weight is 274 g/mol. The minimum atomic E-state index is -0.368. The highest BCUT2D eigenvalue weighted by Crippen LogP contribution is 2.25. The zero-order valence-corrected chi connectivity index (χ0v) is 11.3. The van der Waals surface area contributed by atoms with E-state index in [2.05, 4.69) is 19.2 Å². The molecule has 1 aromatic carbocycles. The van der Waals surface area contributed by atoms with Gasteiger partial charge in [0.05, 0.1) is 24.3 Å². The van der Waals surface area contributed by atoms with E-state index in [1.807, 2.05) is 0 Å². The second-order valence-electron chi connectivity index (χ2n) is 5.13. The van der Waals surface area contributed by atoms with Gasteiger partial charge in [0, 0.05) is 5.54 Å². The van der Waals surface area contributed by atoms with Gasteiger partial charge in [-0.1, -0.05) is 11.6 Å². The van der Waals surface area contributed by atoms with Crippen LogP contribution in [0.4, 0.5) is 4.39 Å². The van der Waals surface area contributed by atoms with Crippen molar-refractivity contribution in [2.24, 2.45) is 0 Å². The van der Waals surface area contributed by atoms with Gasteiger partial charge in [0.25, 0.3) is 0 Å². The summed E-state index contributed by atoms with van der Waals surface area (Å²) in [6, 6.07) is 4.21. The third-order valence-electron chi connectivity index (χ3n) is 2.71. The standard InChI is InChI=1S/C13H17ClFNO2/c1-13(2)8-17-6-10(16-13)7-18-12-4-3-9(15)5-11(12)14/h3-5,10,16H,6-8H2,1-2H3. The van der Waals surface area contributed by atoms with Crippen molar-refractivity contribution in [2.75, 3.05) is 19.8 Å². The zero-order valence-electron chi connectivity index (χ0n) is 10.5. The number of nitrogens with one attached hydrogen (secondary N) is 1. The highest BCUT2D eigenvalue weighted by Gasteiger charge is 2.28. The largest absolute Gasteiger partial charge is 0.490 e. The van der Waals surface area contributed by atoms with Gasteiger partial charge in [0.2, 0.25) is 0 Å². The molecule has 0 bridgehead atoms. The van der Waals surface area contributed by atoms with Crippen LogP contribution in [0.3, 0.4) is 0 Å². The molecule has 1 aromatic rings. The lowest BCUT2D eigenvalue weighted by Crippen LogP contribution is -2.57. The maximum absolute atomic E-state index is 12.9. The van der Waals surface area contributed by atoms with E-state index in [0.29, 0.717) is 25.6 Å². The molecule has 1 atom stereocenters. The Hall–Kier alpha value is -0.840. The lowest BCUT2D eigenvalue weighted by molar-refractivity contribution is 0.000952. The van der Waals surface area contributed by atoms with Crippen molar-refractivity contribution in [3.8, 4) is 5.75 Å². The first-order valence-electron chi connectivity index (χ1n) is 5.89. The molecule has 0 radical (unpaired) electrons. The zero-order chi connectivity index (χ0) is 13.2. The van der Waals surface area contributed by atoms with Gasteiger partial charge in [-0.2, -0.15) is 0 Å². The van der Waals surface area contributed by atoms with Crippen LogP contribution in [-0.2, 0) is 4.74 Å². The summed E-state index contributed by atoms with van der Waals surface area (Å²) in [6.07, 6.45) is 0. The van der Waals surface area contributed by atoms with Gasteiger partial charge >= 0.3 is 0 Å². The van der Waals surface area contributed by atoms with Gasteiger partial charge < -0.3 is 14.8 Å². The van der Waals surface area contributed by atoms with Crippen LogP contribution in [0, 0.1) is 5.82 Å². The second kappa shape index (κ2) is 5.43. The molecule has 1 fully saturated rings. The number of rotatable bonds is 3. The molecule has 5 heteroatoms. The molecule has 1 aliphatic rings. The molecule has 0 amide bonds. The van der Waals surface area contributed by atoms with Crippen molar-refractivity contribution < 1.29 is 13.9 Å². The van der Waals surface area contributed by atoms with Gasteiger partial charge in [-0.25, -0.2) is 4.39 Å². The Kier molecular flexibility index (Phi) is 4.10. The van der Waals surface area contributed by atoms with E-state index in [4.69, 9.17) is 21.1 Å². The molecule has 100 valence electrons. The SMILES string of the molecule is CC1(C)COCC(COc2ccc(F)cc2Cl)N1. The van der Waals surface area contributed by atoms with Crippen LogP contribution in [0.1, 0.15) is 13.8 Å². The van der Waals surface area contributed by atoms with E-state index in [-0.39, 0.29) is 22.4 Å². The molecule has 1 aliphatic heterocycles. The van der Waals surface area contributed by atoms with Gasteiger partial charge in [-0.15, -0.1) is 0 Å². The molecule has 0 aromatic heterocycles. The Balaban J connectivity index is 1.91. The first kappa shape index (κ1) is 13.6. The monoisotopic (exact) mass is 273 g/mol. The molecular weight excluding hydrogens is 257 g/mol.